The smallest absolute Gasteiger partial charge is 0.216 e. The molecular weight excluding hydrogens is 562 g/mol. The van der Waals surface area contributed by atoms with E-state index in [0.717, 1.165) is 55.3 Å². The molecule has 0 N–H and O–H groups in total. The average molecular weight is 605 g/mol. The summed E-state index contributed by atoms with van der Waals surface area (Å²) in [5.41, 5.74) is 7.57. The molecule has 0 spiro atoms. The third-order valence-electron chi connectivity index (χ3n) is 10.8. The fourth-order valence-electron chi connectivity index (χ4n) is 8.58. The molecule has 1 aliphatic heterocycles. The molecule has 0 amide bonds. The van der Waals surface area contributed by atoms with Crippen LogP contribution in [0.25, 0.3) is 38.8 Å². The van der Waals surface area contributed by atoms with Gasteiger partial charge >= 0.3 is 0 Å². The van der Waals surface area contributed by atoms with Crippen LogP contribution in [0.1, 0.15) is 83.2 Å². The lowest BCUT2D eigenvalue weighted by atomic mass is 9.58. The van der Waals surface area contributed by atoms with Crippen molar-refractivity contribution in [2.45, 2.75) is 90.6 Å². The summed E-state index contributed by atoms with van der Waals surface area (Å²) in [6.07, 6.45) is 5.80. The van der Waals surface area contributed by atoms with Crippen molar-refractivity contribution in [3.63, 3.8) is 0 Å². The van der Waals surface area contributed by atoms with Crippen LogP contribution in [0.5, 0.6) is 0 Å². The molecule has 0 saturated carbocycles. The summed E-state index contributed by atoms with van der Waals surface area (Å²) < 4.78 is 36.3. The van der Waals surface area contributed by atoms with Crippen molar-refractivity contribution < 1.29 is 17.9 Å². The molecule has 0 radical (unpaired) electrons. The lowest BCUT2D eigenvalue weighted by Crippen LogP contribution is -2.67. The number of para-hydroxylation sites is 2. The number of fused-ring (bicyclic) bond motifs is 3. The van der Waals surface area contributed by atoms with E-state index in [9.17, 15) is 4.39 Å². The van der Waals surface area contributed by atoms with Crippen molar-refractivity contribution in [1.29, 1.82) is 0 Å². The summed E-state index contributed by atoms with van der Waals surface area (Å²) in [5, 5.41) is 1.25. The molecule has 45 heavy (non-hydrogen) atoms. The second-order valence-corrected chi connectivity index (χ2v) is 13.3. The van der Waals surface area contributed by atoms with E-state index in [-0.39, 0.29) is 16.9 Å². The number of hydrogen-bond donors (Lipinski definition) is 0. The van der Waals surface area contributed by atoms with E-state index in [4.69, 9.17) is 4.98 Å². The molecule has 0 bridgehead atoms. The van der Waals surface area contributed by atoms with Gasteiger partial charge in [0.2, 0.25) is 11.5 Å². The van der Waals surface area contributed by atoms with E-state index >= 15 is 4.39 Å². The van der Waals surface area contributed by atoms with Crippen molar-refractivity contribution >= 4 is 27.6 Å². The Bertz CT molecular complexity index is 2090. The average Bonchev–Trinajstić information content (AvgIpc) is 3.38. The van der Waals surface area contributed by atoms with Gasteiger partial charge in [-0.3, -0.25) is 0 Å². The summed E-state index contributed by atoms with van der Waals surface area (Å²) in [6, 6.07) is 23.7. The minimum Gasteiger partial charge on any atom is -0.216 e. The first-order chi connectivity index (χ1) is 21.7. The predicted octanol–water partition coefficient (Wildman–Crippen LogP) is 8.86. The monoisotopic (exact) mass is 604 g/mol. The van der Waals surface area contributed by atoms with Gasteiger partial charge in [0.05, 0.1) is 16.5 Å². The number of rotatable bonds is 8. The molecule has 0 aliphatic carbocycles. The Morgan fingerprint density at radius 2 is 1.71 bits per heavy atom. The first kappa shape index (κ1) is 29.5. The molecule has 230 valence electrons. The first-order valence-electron chi connectivity index (χ1n) is 16.4. The molecule has 2 atom stereocenters. The number of halogens is 2. The number of benzene rings is 3. The zero-order valence-corrected chi connectivity index (χ0v) is 27.2. The highest BCUT2D eigenvalue weighted by atomic mass is 19.1. The van der Waals surface area contributed by atoms with E-state index in [0.29, 0.717) is 11.1 Å². The standard InChI is InChI=1S/C39H42F2N4/c1-7-38(6)39(8-2,20-14-22-43-21-12-11-19-33(43)34-26(5)23-27(40)24-29(34)41)28-15-13-16-30-35(28)37-44(36(42-30)25(3)4)31-17-9-10-18-32(31)45(37)38/h9-13,15-19,21,23-25H,7-8,14,20,22H2,1-6H3/q+2. The number of aromatic nitrogens is 4. The van der Waals surface area contributed by atoms with Gasteiger partial charge in [0.1, 0.15) is 23.7 Å². The van der Waals surface area contributed by atoms with Gasteiger partial charge in [-0.25, -0.2) is 18.3 Å². The topological polar surface area (TPSA) is 25.1 Å². The number of hydrogen-bond acceptors (Lipinski definition) is 1. The number of nitrogens with zero attached hydrogens (tertiary/aromatic N) is 4. The molecule has 1 aliphatic rings. The molecule has 6 heteroatoms. The molecular formula is C39H42F2N4+2. The Hall–Kier alpha value is -4.19. The maximum atomic E-state index is 15.1. The van der Waals surface area contributed by atoms with E-state index in [1.54, 1.807) is 6.92 Å². The molecule has 4 heterocycles. The third kappa shape index (κ3) is 4.10. The lowest BCUT2D eigenvalue weighted by Gasteiger charge is -2.49. The normalized spacial score (nSPS) is 19.5. The van der Waals surface area contributed by atoms with Gasteiger partial charge in [-0.05, 0) is 74.6 Å². The summed E-state index contributed by atoms with van der Waals surface area (Å²) in [7, 11) is 0. The van der Waals surface area contributed by atoms with Crippen LogP contribution in [0.2, 0.25) is 0 Å². The Morgan fingerprint density at radius 1 is 0.933 bits per heavy atom. The minimum atomic E-state index is -0.550. The minimum absolute atomic E-state index is 0.170. The predicted molar refractivity (Wildman–Crippen MR) is 176 cm³/mol. The van der Waals surface area contributed by atoms with Gasteiger partial charge in [-0.2, -0.15) is 8.97 Å². The third-order valence-corrected chi connectivity index (χ3v) is 10.8. The number of imidazole rings is 1. The summed E-state index contributed by atoms with van der Waals surface area (Å²) >= 11 is 0. The summed E-state index contributed by atoms with van der Waals surface area (Å²) in [5.74, 6) is 0.274. The Kier molecular flexibility index (Phi) is 7.03. The molecule has 6 aromatic rings. The molecule has 3 aromatic carbocycles. The molecule has 7 rings (SSSR count). The quantitative estimate of drug-likeness (QED) is 0.159. The van der Waals surface area contributed by atoms with Crippen LogP contribution in [-0.2, 0) is 17.5 Å². The second-order valence-electron chi connectivity index (χ2n) is 13.3. The van der Waals surface area contributed by atoms with Crippen LogP contribution in [0.15, 0.2) is 79.0 Å². The van der Waals surface area contributed by atoms with Gasteiger partial charge in [0.15, 0.2) is 17.2 Å². The summed E-state index contributed by atoms with van der Waals surface area (Å²) in [4.78, 5) is 5.31. The fourth-order valence-corrected chi connectivity index (χ4v) is 8.58. The second kappa shape index (κ2) is 10.7. The van der Waals surface area contributed by atoms with Crippen molar-refractivity contribution in [2.24, 2.45) is 0 Å². The molecule has 0 fully saturated rings. The zero-order valence-electron chi connectivity index (χ0n) is 27.2. The van der Waals surface area contributed by atoms with Crippen molar-refractivity contribution in [3.8, 4) is 11.3 Å². The molecule has 4 nitrogen and oxygen atoms in total. The van der Waals surface area contributed by atoms with Gasteiger partial charge in [-0.1, -0.05) is 52.0 Å². The van der Waals surface area contributed by atoms with Gasteiger partial charge < -0.3 is 0 Å². The highest BCUT2D eigenvalue weighted by molar-refractivity contribution is 5.97. The number of aryl methyl sites for hydroxylation is 2. The zero-order chi connectivity index (χ0) is 31.7. The van der Waals surface area contributed by atoms with Crippen molar-refractivity contribution in [3.05, 3.63) is 108 Å². The Labute approximate surface area is 264 Å². The Balaban J connectivity index is 1.40. The first-order valence-corrected chi connectivity index (χ1v) is 16.4. The lowest BCUT2D eigenvalue weighted by molar-refractivity contribution is -0.730. The van der Waals surface area contributed by atoms with Gasteiger partial charge in [0, 0.05) is 36.0 Å². The van der Waals surface area contributed by atoms with Gasteiger partial charge in [-0.15, -0.1) is 0 Å². The van der Waals surface area contributed by atoms with E-state index in [1.165, 1.54) is 33.7 Å². The van der Waals surface area contributed by atoms with Crippen molar-refractivity contribution in [2.75, 3.05) is 0 Å². The van der Waals surface area contributed by atoms with Gasteiger partial charge in [0.25, 0.3) is 5.65 Å². The van der Waals surface area contributed by atoms with E-state index < -0.39 is 11.6 Å². The SMILES string of the molecule is CCC1(CCC[n+]2ccccc2-c2c(C)cc(F)cc2F)c2cccc3nc(C(C)C)n4c5ccccc5[n+](c4c23)C1(C)CC. The summed E-state index contributed by atoms with van der Waals surface area (Å²) in [6.45, 7) is 14.1. The highest BCUT2D eigenvalue weighted by Gasteiger charge is 2.57. The Morgan fingerprint density at radius 3 is 2.44 bits per heavy atom. The van der Waals surface area contributed by atoms with E-state index in [1.807, 2.05) is 24.4 Å². The molecule has 3 aromatic heterocycles. The molecule has 0 saturated heterocycles. The van der Waals surface area contributed by atoms with E-state index in [2.05, 4.69) is 90.6 Å². The highest BCUT2D eigenvalue weighted by Crippen LogP contribution is 2.52. The van der Waals surface area contributed by atoms with Crippen LogP contribution in [0, 0.1) is 18.6 Å². The van der Waals surface area contributed by atoms with Crippen LogP contribution >= 0.6 is 0 Å². The van der Waals surface area contributed by atoms with Crippen LogP contribution in [0.4, 0.5) is 8.78 Å². The number of pyridine rings is 1. The maximum Gasteiger partial charge on any atom is 0.299 e. The van der Waals surface area contributed by atoms with Crippen molar-refractivity contribution in [1.82, 2.24) is 9.38 Å². The molecule has 2 unspecified atom stereocenters. The van der Waals surface area contributed by atoms with Crippen LogP contribution in [0.3, 0.4) is 0 Å². The fraction of sp³-hybridized carbons (Fsp3) is 0.359. The van der Waals surface area contributed by atoms with Crippen LogP contribution in [-0.4, -0.2) is 9.38 Å². The maximum absolute atomic E-state index is 15.1. The van der Waals surface area contributed by atoms with Crippen LogP contribution < -0.4 is 9.13 Å². The largest absolute Gasteiger partial charge is 0.299 e.